The van der Waals surface area contributed by atoms with Crippen LogP contribution in [0.2, 0.25) is 0 Å². The number of rotatable bonds is 3. The largest absolute Gasteiger partial charge is 0.377 e. The predicted octanol–water partition coefficient (Wildman–Crippen LogP) is 0.549. The first-order valence-electron chi connectivity index (χ1n) is 3.15. The fraction of sp³-hybridized carbons (Fsp3) is 0.833. The van der Waals surface area contributed by atoms with Crippen molar-refractivity contribution in [1.82, 2.24) is 5.32 Å². The quantitative estimate of drug-likeness (QED) is 0.297. The predicted molar refractivity (Wildman–Crippen MR) is 37.4 cm³/mol. The van der Waals surface area contributed by atoms with E-state index in [-0.39, 0.29) is 12.6 Å². The zero-order chi connectivity index (χ0) is 7.28. The molecule has 3 heteroatoms. The van der Waals surface area contributed by atoms with Crippen molar-refractivity contribution in [2.45, 2.75) is 20.3 Å². The van der Waals surface area contributed by atoms with Crippen LogP contribution in [0.1, 0.15) is 20.3 Å². The zero-order valence-electron chi connectivity index (χ0n) is 5.94. The first-order chi connectivity index (χ1) is 4.22. The van der Waals surface area contributed by atoms with Crippen LogP contribution in [0.3, 0.4) is 0 Å². The van der Waals surface area contributed by atoms with Crippen molar-refractivity contribution < 1.29 is 5.11 Å². The smallest absolute Gasteiger partial charge is 0.114 e. The van der Waals surface area contributed by atoms with Crippen LogP contribution >= 0.6 is 0 Å². The second kappa shape index (κ2) is 4.32. The molecule has 0 heterocycles. The van der Waals surface area contributed by atoms with E-state index in [2.05, 4.69) is 5.32 Å². The van der Waals surface area contributed by atoms with Crippen LogP contribution in [0.25, 0.3) is 0 Å². The molecule has 0 saturated heterocycles. The van der Waals surface area contributed by atoms with Gasteiger partial charge in [-0.2, -0.15) is 0 Å². The lowest BCUT2D eigenvalue weighted by atomic mass is 10.1. The van der Waals surface area contributed by atoms with Crippen LogP contribution in [-0.4, -0.2) is 17.7 Å². The molecule has 0 rings (SSSR count). The van der Waals surface area contributed by atoms with E-state index in [1.807, 2.05) is 13.8 Å². The Morgan fingerprint density at radius 1 is 1.78 bits per heavy atom. The third-order valence-corrected chi connectivity index (χ3v) is 1.37. The van der Waals surface area contributed by atoms with E-state index in [1.165, 1.54) is 0 Å². The molecule has 3 N–H and O–H groups in total. The minimum absolute atomic E-state index is 0.136. The molecule has 1 unspecified atom stereocenters. The van der Waals surface area contributed by atoms with Crippen molar-refractivity contribution in [3.05, 3.63) is 0 Å². The first kappa shape index (κ1) is 8.43. The Labute approximate surface area is 55.6 Å². The molecule has 0 fully saturated rings. The SMILES string of the molecule is CCC(C)C(=N)NCO. The summed E-state index contributed by atoms with van der Waals surface area (Å²) in [7, 11) is 0. The molecule has 0 aliphatic carbocycles. The van der Waals surface area contributed by atoms with Gasteiger partial charge < -0.3 is 10.4 Å². The Morgan fingerprint density at radius 2 is 2.33 bits per heavy atom. The molecular weight excluding hydrogens is 116 g/mol. The second-order valence-electron chi connectivity index (χ2n) is 2.06. The van der Waals surface area contributed by atoms with Crippen LogP contribution in [0, 0.1) is 11.3 Å². The number of nitrogens with one attached hydrogen (secondary N) is 2. The number of aliphatic hydroxyl groups is 1. The fourth-order valence-corrected chi connectivity index (χ4v) is 0.464. The van der Waals surface area contributed by atoms with E-state index < -0.39 is 0 Å². The molecule has 0 aromatic rings. The summed E-state index contributed by atoms with van der Waals surface area (Å²) in [5.74, 6) is 0.650. The highest BCUT2D eigenvalue weighted by molar-refractivity contribution is 5.80. The van der Waals surface area contributed by atoms with Crippen LogP contribution in [0.5, 0.6) is 0 Å². The van der Waals surface area contributed by atoms with Gasteiger partial charge in [-0.1, -0.05) is 13.8 Å². The number of aliphatic hydroxyl groups excluding tert-OH is 1. The molecule has 0 aromatic carbocycles. The molecule has 0 amide bonds. The van der Waals surface area contributed by atoms with E-state index in [9.17, 15) is 0 Å². The molecule has 0 spiro atoms. The van der Waals surface area contributed by atoms with Crippen LogP contribution in [-0.2, 0) is 0 Å². The van der Waals surface area contributed by atoms with E-state index in [0.717, 1.165) is 6.42 Å². The summed E-state index contributed by atoms with van der Waals surface area (Å²) in [6.45, 7) is 3.83. The van der Waals surface area contributed by atoms with Gasteiger partial charge in [0.2, 0.25) is 0 Å². The highest BCUT2D eigenvalue weighted by Crippen LogP contribution is 1.98. The van der Waals surface area contributed by atoms with Crippen molar-refractivity contribution >= 4 is 5.84 Å². The molecule has 0 aliphatic heterocycles. The molecule has 3 nitrogen and oxygen atoms in total. The van der Waals surface area contributed by atoms with Crippen molar-refractivity contribution in [2.75, 3.05) is 6.73 Å². The number of amidine groups is 1. The molecular formula is C6H14N2O. The van der Waals surface area contributed by atoms with Gasteiger partial charge in [0.25, 0.3) is 0 Å². The lowest BCUT2D eigenvalue weighted by Gasteiger charge is -2.09. The van der Waals surface area contributed by atoms with Gasteiger partial charge in [-0.05, 0) is 6.42 Å². The van der Waals surface area contributed by atoms with Crippen LogP contribution in [0.15, 0.2) is 0 Å². The third-order valence-electron chi connectivity index (χ3n) is 1.37. The van der Waals surface area contributed by atoms with Gasteiger partial charge in [0.1, 0.15) is 6.73 Å². The first-order valence-corrected chi connectivity index (χ1v) is 3.15. The van der Waals surface area contributed by atoms with Crippen molar-refractivity contribution in [3.8, 4) is 0 Å². The Kier molecular flexibility index (Phi) is 4.05. The lowest BCUT2D eigenvalue weighted by molar-refractivity contribution is 0.283. The minimum atomic E-state index is -0.136. The summed E-state index contributed by atoms with van der Waals surface area (Å²) in [6, 6.07) is 0. The van der Waals surface area contributed by atoms with Crippen molar-refractivity contribution in [1.29, 1.82) is 5.41 Å². The minimum Gasteiger partial charge on any atom is -0.377 e. The summed E-state index contributed by atoms with van der Waals surface area (Å²) >= 11 is 0. The Balaban J connectivity index is 3.46. The summed E-state index contributed by atoms with van der Waals surface area (Å²) in [5, 5.41) is 18.1. The topological polar surface area (TPSA) is 56.1 Å². The molecule has 0 saturated carbocycles. The maximum Gasteiger partial charge on any atom is 0.114 e. The van der Waals surface area contributed by atoms with Gasteiger partial charge in [0.15, 0.2) is 0 Å². The summed E-state index contributed by atoms with van der Waals surface area (Å²) in [5.41, 5.74) is 0. The second-order valence-corrected chi connectivity index (χ2v) is 2.06. The third kappa shape index (κ3) is 3.08. The average Bonchev–Trinajstić information content (AvgIpc) is 1.87. The van der Waals surface area contributed by atoms with Gasteiger partial charge in [-0.25, -0.2) is 0 Å². The Bertz CT molecular complexity index is 93.1. The van der Waals surface area contributed by atoms with Crippen LogP contribution in [0.4, 0.5) is 0 Å². The monoisotopic (exact) mass is 130 g/mol. The Morgan fingerprint density at radius 3 is 2.67 bits per heavy atom. The summed E-state index contributed by atoms with van der Waals surface area (Å²) in [6.07, 6.45) is 0.936. The zero-order valence-corrected chi connectivity index (χ0v) is 5.94. The van der Waals surface area contributed by atoms with Crippen molar-refractivity contribution in [3.63, 3.8) is 0 Å². The maximum atomic E-state index is 8.33. The molecule has 0 bridgehead atoms. The summed E-state index contributed by atoms with van der Waals surface area (Å²) in [4.78, 5) is 0. The normalized spacial score (nSPS) is 12.8. The molecule has 0 aromatic heterocycles. The van der Waals surface area contributed by atoms with Gasteiger partial charge in [0.05, 0.1) is 5.84 Å². The lowest BCUT2D eigenvalue weighted by Crippen LogP contribution is -2.28. The van der Waals surface area contributed by atoms with Gasteiger partial charge in [-0.3, -0.25) is 5.41 Å². The fourth-order valence-electron chi connectivity index (χ4n) is 0.464. The van der Waals surface area contributed by atoms with E-state index in [4.69, 9.17) is 10.5 Å². The molecule has 0 radical (unpaired) electrons. The van der Waals surface area contributed by atoms with Gasteiger partial charge >= 0.3 is 0 Å². The van der Waals surface area contributed by atoms with Gasteiger partial charge in [0, 0.05) is 5.92 Å². The van der Waals surface area contributed by atoms with Gasteiger partial charge in [-0.15, -0.1) is 0 Å². The number of hydrogen-bond donors (Lipinski definition) is 3. The highest BCUT2D eigenvalue weighted by atomic mass is 16.3. The molecule has 9 heavy (non-hydrogen) atoms. The van der Waals surface area contributed by atoms with E-state index >= 15 is 0 Å². The Hall–Kier alpha value is -0.570. The average molecular weight is 130 g/mol. The maximum absolute atomic E-state index is 8.33. The standard InChI is InChI=1S/C6H14N2O/c1-3-5(2)6(7)8-4-9/h5,9H,3-4H2,1-2H3,(H2,7,8). The van der Waals surface area contributed by atoms with E-state index in [0.29, 0.717) is 5.84 Å². The molecule has 0 aliphatic rings. The molecule has 1 atom stereocenters. The molecule has 54 valence electrons. The van der Waals surface area contributed by atoms with Crippen molar-refractivity contribution in [2.24, 2.45) is 5.92 Å². The number of hydrogen-bond acceptors (Lipinski definition) is 2. The summed E-state index contributed by atoms with van der Waals surface area (Å²) < 4.78 is 0. The highest BCUT2D eigenvalue weighted by Gasteiger charge is 2.02. The van der Waals surface area contributed by atoms with Crippen LogP contribution < -0.4 is 5.32 Å². The van der Waals surface area contributed by atoms with E-state index in [1.54, 1.807) is 0 Å².